The van der Waals surface area contributed by atoms with Crippen molar-refractivity contribution < 1.29 is 53.8 Å². The van der Waals surface area contributed by atoms with Crippen molar-refractivity contribution in [2.45, 2.75) is 154 Å². The van der Waals surface area contributed by atoms with Gasteiger partial charge in [0.2, 0.25) is 0 Å². The van der Waals surface area contributed by atoms with Crippen LogP contribution in [0.3, 0.4) is 0 Å². The highest BCUT2D eigenvalue weighted by atomic mass is 16.7. The molecule has 0 aromatic heterocycles. The molecule has 0 spiro atoms. The quantitative estimate of drug-likeness (QED) is 0.200. The van der Waals surface area contributed by atoms with E-state index < -0.39 is 83.6 Å². The number of aliphatic hydroxyl groups is 4. The van der Waals surface area contributed by atoms with E-state index in [-0.39, 0.29) is 31.4 Å². The van der Waals surface area contributed by atoms with Crippen LogP contribution in [0.4, 0.5) is 0 Å². The van der Waals surface area contributed by atoms with E-state index in [1.54, 1.807) is 46.8 Å². The fourth-order valence-corrected chi connectivity index (χ4v) is 8.25. The molecule has 306 valence electrons. The summed E-state index contributed by atoms with van der Waals surface area (Å²) in [6, 6.07) is 8.75. The number of ether oxygens (including phenoxy) is 4. The number of hydrogen-bond donors (Lipinski definition) is 4. The van der Waals surface area contributed by atoms with Crippen LogP contribution in [-0.2, 0) is 39.8 Å². The normalized spacial score (nSPS) is 40.9. The lowest BCUT2D eigenvalue weighted by molar-refractivity contribution is -0.299. The van der Waals surface area contributed by atoms with Gasteiger partial charge in [0.25, 0.3) is 0 Å². The van der Waals surface area contributed by atoms with Gasteiger partial charge in [-0.25, -0.2) is 0 Å². The van der Waals surface area contributed by atoms with Crippen LogP contribution in [0.25, 0.3) is 0 Å². The zero-order valence-electron chi connectivity index (χ0n) is 33.9. The van der Waals surface area contributed by atoms with E-state index in [1.807, 2.05) is 51.0 Å². The molecule has 54 heavy (non-hydrogen) atoms. The molecule has 3 aliphatic rings. The number of carbonyl (C=O) groups is 2. The number of nitrogens with zero attached hydrogens (tertiary/aromatic N) is 2. The van der Waals surface area contributed by atoms with E-state index in [4.69, 9.17) is 23.8 Å². The van der Waals surface area contributed by atoms with Gasteiger partial charge in [0, 0.05) is 23.8 Å². The Bertz CT molecular complexity index is 1400. The van der Waals surface area contributed by atoms with E-state index >= 15 is 0 Å². The molecule has 0 radical (unpaired) electrons. The molecule has 2 saturated heterocycles. The molecule has 0 amide bonds. The Labute approximate surface area is 321 Å². The Morgan fingerprint density at radius 2 is 1.67 bits per heavy atom. The summed E-state index contributed by atoms with van der Waals surface area (Å²) in [4.78, 5) is 35.4. The van der Waals surface area contributed by atoms with Crippen molar-refractivity contribution in [3.63, 3.8) is 0 Å². The molecule has 2 heterocycles. The lowest BCUT2D eigenvalue weighted by Gasteiger charge is -2.47. The van der Waals surface area contributed by atoms with E-state index in [2.05, 4.69) is 5.16 Å². The smallest absolute Gasteiger partial charge is 0.312 e. The van der Waals surface area contributed by atoms with Gasteiger partial charge in [-0.1, -0.05) is 63.2 Å². The Hall–Kier alpha value is -2.65. The lowest BCUT2D eigenvalue weighted by atomic mass is 9.73. The fraction of sp³-hybridized carbons (Fsp3) is 0.780. The molecule has 1 aliphatic carbocycles. The largest absolute Gasteiger partial charge is 0.461 e. The van der Waals surface area contributed by atoms with E-state index in [0.717, 1.165) is 12.8 Å². The number of esters is 2. The van der Waals surface area contributed by atoms with Crippen LogP contribution in [0.1, 0.15) is 93.1 Å². The third kappa shape index (κ3) is 10.8. The van der Waals surface area contributed by atoms with Gasteiger partial charge in [-0.2, -0.15) is 0 Å². The van der Waals surface area contributed by atoms with Crippen molar-refractivity contribution >= 4 is 17.7 Å². The molecule has 1 saturated carbocycles. The number of oxime groups is 1. The van der Waals surface area contributed by atoms with E-state index in [1.165, 1.54) is 6.92 Å². The second kappa shape index (κ2) is 18.5. The molecular formula is C41H66N2O11. The Kier molecular flexibility index (Phi) is 15.1. The van der Waals surface area contributed by atoms with Gasteiger partial charge in [0.1, 0.15) is 30.5 Å². The molecule has 2 aliphatic heterocycles. The monoisotopic (exact) mass is 762 g/mol. The number of hydrogen-bond acceptors (Lipinski definition) is 13. The van der Waals surface area contributed by atoms with Crippen molar-refractivity contribution in [2.24, 2.45) is 34.7 Å². The molecule has 14 atom stereocenters. The summed E-state index contributed by atoms with van der Waals surface area (Å²) < 4.78 is 25.0. The van der Waals surface area contributed by atoms with Crippen LogP contribution < -0.4 is 0 Å². The zero-order chi connectivity index (χ0) is 40.1. The van der Waals surface area contributed by atoms with Gasteiger partial charge in [0.05, 0.1) is 42.0 Å². The highest BCUT2D eigenvalue weighted by Crippen LogP contribution is 2.39. The Morgan fingerprint density at radius 1 is 1.02 bits per heavy atom. The molecule has 4 N–H and O–H groups in total. The second-order valence-electron chi connectivity index (χ2n) is 16.9. The van der Waals surface area contributed by atoms with Gasteiger partial charge in [-0.3, -0.25) is 9.59 Å². The molecule has 13 heteroatoms. The molecule has 13 nitrogen and oxygen atoms in total. The number of cyclic esters (lactones) is 1. The zero-order valence-corrected chi connectivity index (χ0v) is 33.9. The minimum absolute atomic E-state index is 0.0169. The van der Waals surface area contributed by atoms with Crippen molar-refractivity contribution in [3.05, 3.63) is 35.9 Å². The number of aliphatic hydroxyl groups excluding tert-OH is 2. The third-order valence-electron chi connectivity index (χ3n) is 11.7. The van der Waals surface area contributed by atoms with E-state index in [9.17, 15) is 30.0 Å². The van der Waals surface area contributed by atoms with Gasteiger partial charge >= 0.3 is 11.9 Å². The first-order chi connectivity index (χ1) is 25.3. The van der Waals surface area contributed by atoms with Gasteiger partial charge in [0.15, 0.2) is 6.29 Å². The minimum Gasteiger partial charge on any atom is -0.461 e. The predicted molar refractivity (Wildman–Crippen MR) is 202 cm³/mol. The SMILES string of the molecule is CC[C@H]1OC(=O)[C@H](C)[C@@H](OC(=O)Cc2ccccc2)[C@H](C)[C@@H](O[C@@H]2O[C@H](C)C[C@H](N(C)C)[C@H]2O)[C@@](C)(O)C[C@H](C)/C(=N\OCC2CC2)[C@H](C)[C@@H](O)[C@]1(C)O. The van der Waals surface area contributed by atoms with Crippen molar-refractivity contribution in [2.75, 3.05) is 20.7 Å². The summed E-state index contributed by atoms with van der Waals surface area (Å²) >= 11 is 0. The number of benzene rings is 1. The topological polar surface area (TPSA) is 177 Å². The van der Waals surface area contributed by atoms with Crippen molar-refractivity contribution in [3.8, 4) is 0 Å². The fourth-order valence-electron chi connectivity index (χ4n) is 8.25. The molecule has 4 rings (SSSR count). The van der Waals surface area contributed by atoms with Crippen molar-refractivity contribution in [1.82, 2.24) is 4.90 Å². The number of rotatable bonds is 10. The number of carbonyl (C=O) groups excluding carboxylic acids is 2. The maximum Gasteiger partial charge on any atom is 0.312 e. The van der Waals surface area contributed by atoms with Crippen LogP contribution in [0.2, 0.25) is 0 Å². The van der Waals surface area contributed by atoms with Gasteiger partial charge < -0.3 is 49.1 Å². The summed E-state index contributed by atoms with van der Waals surface area (Å²) in [7, 11) is 3.73. The average molecular weight is 763 g/mol. The molecule has 1 aromatic carbocycles. The second-order valence-corrected chi connectivity index (χ2v) is 16.9. The maximum atomic E-state index is 14.1. The van der Waals surface area contributed by atoms with Gasteiger partial charge in [-0.15, -0.1) is 0 Å². The third-order valence-corrected chi connectivity index (χ3v) is 11.7. The summed E-state index contributed by atoms with van der Waals surface area (Å²) in [6.45, 7) is 13.9. The highest BCUT2D eigenvalue weighted by molar-refractivity contribution is 5.88. The summed E-state index contributed by atoms with van der Waals surface area (Å²) in [5, 5.41) is 52.3. The first-order valence-electron chi connectivity index (χ1n) is 19.7. The summed E-state index contributed by atoms with van der Waals surface area (Å²) in [5.74, 6) is -4.29. The molecular weight excluding hydrogens is 696 g/mol. The number of likely N-dealkylation sites (N-methyl/N-ethyl adjacent to an activating group) is 1. The maximum absolute atomic E-state index is 14.1. The molecule has 0 unspecified atom stereocenters. The minimum atomic E-state index is -1.92. The Morgan fingerprint density at radius 3 is 2.26 bits per heavy atom. The summed E-state index contributed by atoms with van der Waals surface area (Å²) in [5.41, 5.74) is -2.53. The standard InChI is InChI=1S/C41H66N2O11/c1-11-31-41(8,49)36(46)25(4)33(42-50-22-29-17-18-29)23(2)21-40(7,48)37(54-39-34(45)30(43(9)10)19-24(3)51-39)26(5)35(27(6)38(47)52-31)53-32(44)20-28-15-13-12-14-16-28/h12-16,23-27,29-31,34-37,39,45-46,48-49H,11,17-22H2,1-10H3/b42-33+/t23-,24+,25-,26-,27+,30-,31+,34+,35-,36+,37+,39-,40-,41+/m0/s1. The highest BCUT2D eigenvalue weighted by Gasteiger charge is 2.52. The predicted octanol–water partition coefficient (Wildman–Crippen LogP) is 3.87. The average Bonchev–Trinajstić information content (AvgIpc) is 3.94. The first kappa shape index (κ1) is 44.1. The first-order valence-corrected chi connectivity index (χ1v) is 19.7. The van der Waals surface area contributed by atoms with E-state index in [0.29, 0.717) is 30.2 Å². The molecule has 3 fully saturated rings. The van der Waals surface area contributed by atoms with Crippen LogP contribution in [0.15, 0.2) is 35.5 Å². The lowest BCUT2D eigenvalue weighted by Crippen LogP contribution is -2.60. The van der Waals surface area contributed by atoms with Crippen molar-refractivity contribution in [1.29, 1.82) is 0 Å². The molecule has 1 aromatic rings. The van der Waals surface area contributed by atoms with Crippen LogP contribution >= 0.6 is 0 Å². The van der Waals surface area contributed by atoms with Crippen LogP contribution in [0, 0.1) is 29.6 Å². The van der Waals surface area contributed by atoms with Crippen LogP contribution in [-0.4, -0.2) is 124 Å². The Balaban J connectivity index is 1.82. The van der Waals surface area contributed by atoms with Gasteiger partial charge in [-0.05, 0) is 85.4 Å². The van der Waals surface area contributed by atoms with Crippen LogP contribution in [0.5, 0.6) is 0 Å². The summed E-state index contributed by atoms with van der Waals surface area (Å²) in [6.07, 6.45) is -4.79. The molecule has 0 bridgehead atoms.